The van der Waals surface area contributed by atoms with E-state index in [4.69, 9.17) is 18.9 Å². The molecule has 1 saturated heterocycles. The molecule has 1 aliphatic heterocycles. The van der Waals surface area contributed by atoms with Crippen LogP contribution in [-0.2, 0) is 28.5 Å². The molecule has 3 rings (SSSR count). The number of hydrogen-bond acceptors (Lipinski definition) is 9. The zero-order chi connectivity index (χ0) is 26.4. The second-order valence-corrected chi connectivity index (χ2v) is 7.85. The molecule has 0 bridgehead atoms. The van der Waals surface area contributed by atoms with Crippen molar-refractivity contribution in [2.75, 3.05) is 31.7 Å². The molecule has 1 aromatic heterocycles. The monoisotopic (exact) mass is 511 g/mol. The van der Waals surface area contributed by atoms with E-state index >= 15 is 0 Å². The average molecular weight is 511 g/mol. The van der Waals surface area contributed by atoms with E-state index in [2.05, 4.69) is 15.3 Å². The summed E-state index contributed by atoms with van der Waals surface area (Å²) in [4.78, 5) is 34.4. The van der Waals surface area contributed by atoms with Crippen molar-refractivity contribution in [3.05, 3.63) is 52.2 Å². The Morgan fingerprint density at radius 1 is 1.08 bits per heavy atom. The fourth-order valence-corrected chi connectivity index (χ4v) is 3.82. The van der Waals surface area contributed by atoms with Crippen molar-refractivity contribution in [3.8, 4) is 0 Å². The number of rotatable bonds is 10. The third-order valence-corrected chi connectivity index (χ3v) is 5.38. The van der Waals surface area contributed by atoms with Crippen molar-refractivity contribution in [2.45, 2.75) is 52.4 Å². The molecule has 0 aliphatic carbocycles. The number of carbonyl (C=O) groups is 2. The zero-order valence-corrected chi connectivity index (χ0v) is 20.3. The van der Waals surface area contributed by atoms with Crippen LogP contribution in [0.4, 0.5) is 19.0 Å². The van der Waals surface area contributed by atoms with Crippen LogP contribution < -0.4 is 5.32 Å². The van der Waals surface area contributed by atoms with Gasteiger partial charge >= 0.3 is 11.9 Å². The molecule has 1 aromatic carbocycles. The molecule has 0 saturated carbocycles. The minimum Gasteiger partial charge on any atom is -0.465 e. The van der Waals surface area contributed by atoms with Crippen LogP contribution in [-0.4, -0.2) is 48.3 Å². The third-order valence-electron chi connectivity index (χ3n) is 5.38. The maximum atomic E-state index is 14.8. The van der Waals surface area contributed by atoms with Crippen LogP contribution >= 0.6 is 0 Å². The fraction of sp³-hybridized carbons (Fsp3) is 0.500. The Balaban J connectivity index is 2.13. The molecule has 2 aromatic rings. The highest BCUT2D eigenvalue weighted by Gasteiger charge is 2.40. The number of hydrogen-bond donors (Lipinski definition) is 1. The van der Waals surface area contributed by atoms with Gasteiger partial charge in [-0.3, -0.25) is 9.59 Å². The van der Waals surface area contributed by atoms with Crippen LogP contribution in [0.2, 0.25) is 0 Å². The predicted octanol–water partition coefficient (Wildman–Crippen LogP) is 4.29. The van der Waals surface area contributed by atoms with Crippen LogP contribution in [0, 0.1) is 12.7 Å². The minimum absolute atomic E-state index is 0.00641. The first-order valence-electron chi connectivity index (χ1n) is 11.5. The zero-order valence-electron chi connectivity index (χ0n) is 20.3. The van der Waals surface area contributed by atoms with Crippen LogP contribution in [0.15, 0.2) is 18.2 Å². The number of aryl methyl sites for hydroxylation is 1. The standard InChI is InChI=1S/C24H28F3N3O6/c1-5-33-22(31)17(23(32)34-6-2)19-16(24-35-10-11-36-24)21(30-13(4)29-19)28-12(3)14-8-7-9-15(18(14)25)20(26)27/h7-9,12,17,20,24H,5-6,10-11H2,1-4H3,(H,28,29,30)/t12-/m1/s1. The number of halogens is 3. The van der Waals surface area contributed by atoms with Gasteiger partial charge in [-0.15, -0.1) is 0 Å². The van der Waals surface area contributed by atoms with E-state index in [1.807, 2.05) is 0 Å². The van der Waals surface area contributed by atoms with E-state index in [0.717, 1.165) is 6.07 Å². The lowest BCUT2D eigenvalue weighted by molar-refractivity contribution is -0.157. The van der Waals surface area contributed by atoms with Crippen molar-refractivity contribution in [1.29, 1.82) is 0 Å². The Kier molecular flexibility index (Phi) is 9.21. The van der Waals surface area contributed by atoms with Gasteiger partial charge in [0.05, 0.1) is 49.3 Å². The Hall–Kier alpha value is -3.25. The van der Waals surface area contributed by atoms with Gasteiger partial charge in [0.1, 0.15) is 17.5 Å². The molecule has 36 heavy (non-hydrogen) atoms. The summed E-state index contributed by atoms with van der Waals surface area (Å²) in [5, 5.41) is 2.99. The second kappa shape index (κ2) is 12.1. The lowest BCUT2D eigenvalue weighted by Gasteiger charge is -2.25. The summed E-state index contributed by atoms with van der Waals surface area (Å²) in [7, 11) is 0. The number of anilines is 1. The second-order valence-electron chi connectivity index (χ2n) is 7.85. The van der Waals surface area contributed by atoms with Crippen molar-refractivity contribution >= 4 is 17.8 Å². The molecule has 2 heterocycles. The molecule has 1 aliphatic rings. The van der Waals surface area contributed by atoms with Crippen molar-refractivity contribution in [1.82, 2.24) is 9.97 Å². The van der Waals surface area contributed by atoms with E-state index < -0.39 is 48.0 Å². The van der Waals surface area contributed by atoms with Gasteiger partial charge in [0, 0.05) is 5.56 Å². The molecule has 1 fully saturated rings. The summed E-state index contributed by atoms with van der Waals surface area (Å²) < 4.78 is 62.8. The molecule has 1 atom stereocenters. The summed E-state index contributed by atoms with van der Waals surface area (Å²) >= 11 is 0. The molecule has 196 valence electrons. The quantitative estimate of drug-likeness (QED) is 0.369. The van der Waals surface area contributed by atoms with E-state index in [-0.39, 0.29) is 54.9 Å². The summed E-state index contributed by atoms with van der Waals surface area (Å²) in [6.07, 6.45) is -4.05. The van der Waals surface area contributed by atoms with Crippen molar-refractivity contribution in [2.24, 2.45) is 0 Å². The van der Waals surface area contributed by atoms with Crippen LogP contribution in [0.25, 0.3) is 0 Å². The number of carbonyl (C=O) groups excluding carboxylic acids is 2. The maximum absolute atomic E-state index is 14.8. The van der Waals surface area contributed by atoms with E-state index in [1.165, 1.54) is 19.1 Å². The van der Waals surface area contributed by atoms with Gasteiger partial charge in [-0.25, -0.2) is 23.1 Å². The van der Waals surface area contributed by atoms with Gasteiger partial charge in [-0.05, 0) is 27.7 Å². The van der Waals surface area contributed by atoms with E-state index in [9.17, 15) is 22.8 Å². The van der Waals surface area contributed by atoms with Crippen molar-refractivity contribution in [3.63, 3.8) is 0 Å². The number of benzene rings is 1. The van der Waals surface area contributed by atoms with Gasteiger partial charge in [-0.2, -0.15) is 0 Å². The van der Waals surface area contributed by atoms with Crippen LogP contribution in [0.5, 0.6) is 0 Å². The number of nitrogens with one attached hydrogen (secondary N) is 1. The van der Waals surface area contributed by atoms with Crippen LogP contribution in [0.3, 0.4) is 0 Å². The van der Waals surface area contributed by atoms with Gasteiger partial charge in [0.2, 0.25) is 0 Å². The summed E-state index contributed by atoms with van der Waals surface area (Å²) in [6, 6.07) is 2.86. The first kappa shape index (κ1) is 27.3. The molecule has 12 heteroatoms. The number of nitrogens with zero attached hydrogens (tertiary/aromatic N) is 2. The largest absolute Gasteiger partial charge is 0.465 e. The minimum atomic E-state index is -2.99. The Bertz CT molecular complexity index is 1080. The highest BCUT2D eigenvalue weighted by molar-refractivity contribution is 6.01. The topological polar surface area (TPSA) is 109 Å². The first-order chi connectivity index (χ1) is 17.2. The fourth-order valence-electron chi connectivity index (χ4n) is 3.82. The first-order valence-corrected chi connectivity index (χ1v) is 11.5. The molecule has 0 amide bonds. The van der Waals surface area contributed by atoms with Crippen molar-refractivity contribution < 1.29 is 41.7 Å². The lowest BCUT2D eigenvalue weighted by atomic mass is 9.98. The average Bonchev–Trinajstić information content (AvgIpc) is 3.33. The van der Waals surface area contributed by atoms with Gasteiger partial charge < -0.3 is 24.3 Å². The maximum Gasteiger partial charge on any atom is 0.326 e. The Morgan fingerprint density at radius 2 is 1.67 bits per heavy atom. The number of esters is 2. The number of ether oxygens (including phenoxy) is 4. The Labute approximate surface area is 206 Å². The Morgan fingerprint density at radius 3 is 2.22 bits per heavy atom. The molecule has 0 spiro atoms. The van der Waals surface area contributed by atoms with E-state index in [1.54, 1.807) is 20.8 Å². The highest BCUT2D eigenvalue weighted by atomic mass is 19.3. The molecule has 0 unspecified atom stereocenters. The molecule has 9 nitrogen and oxygen atoms in total. The third kappa shape index (κ3) is 5.93. The van der Waals surface area contributed by atoms with Crippen LogP contribution in [0.1, 0.15) is 73.7 Å². The van der Waals surface area contributed by atoms with E-state index in [0.29, 0.717) is 0 Å². The number of aromatic nitrogens is 2. The normalized spacial score (nSPS) is 14.8. The number of alkyl halides is 2. The molecular weight excluding hydrogens is 483 g/mol. The summed E-state index contributed by atoms with van der Waals surface area (Å²) in [5.74, 6) is -4.14. The van der Waals surface area contributed by atoms with Gasteiger partial charge in [-0.1, -0.05) is 18.2 Å². The predicted molar refractivity (Wildman–Crippen MR) is 121 cm³/mol. The molecule has 0 radical (unpaired) electrons. The SMILES string of the molecule is CCOC(=O)C(C(=O)OCC)c1nc(C)nc(N[C@H](C)c2cccc(C(F)F)c2F)c1C1OCCO1. The summed E-state index contributed by atoms with van der Waals surface area (Å²) in [5.41, 5.74) is -0.686. The van der Waals surface area contributed by atoms with Gasteiger partial charge in [0.15, 0.2) is 12.2 Å². The molecular formula is C24H28F3N3O6. The highest BCUT2D eigenvalue weighted by Crippen LogP contribution is 2.37. The van der Waals surface area contributed by atoms with Gasteiger partial charge in [0.25, 0.3) is 6.43 Å². The molecule has 1 N–H and O–H groups in total. The smallest absolute Gasteiger partial charge is 0.326 e. The summed E-state index contributed by atoms with van der Waals surface area (Å²) in [6.45, 7) is 6.73. The lowest BCUT2D eigenvalue weighted by Crippen LogP contribution is -2.30.